The van der Waals surface area contributed by atoms with Crippen LogP contribution in [0.4, 0.5) is 0 Å². The van der Waals surface area contributed by atoms with Crippen LogP contribution in [-0.4, -0.2) is 59.0 Å². The summed E-state index contributed by atoms with van der Waals surface area (Å²) in [6.45, 7) is 5.51. The van der Waals surface area contributed by atoms with E-state index in [1.165, 1.54) is 0 Å². The van der Waals surface area contributed by atoms with Crippen molar-refractivity contribution in [2.45, 2.75) is 13.5 Å². The number of methoxy groups -OCH3 is 1. The molecule has 3 rings (SSSR count). The van der Waals surface area contributed by atoms with Gasteiger partial charge in [-0.05, 0) is 25.1 Å². The molecule has 2 heterocycles. The van der Waals surface area contributed by atoms with Crippen LogP contribution in [0.1, 0.15) is 21.7 Å². The van der Waals surface area contributed by atoms with Crippen molar-refractivity contribution in [3.8, 4) is 5.75 Å². The Bertz CT molecular complexity index is 743. The predicted molar refractivity (Wildman–Crippen MR) is 96.0 cm³/mol. The molecule has 0 N–H and O–H groups in total. The zero-order valence-electron chi connectivity index (χ0n) is 14.4. The summed E-state index contributed by atoms with van der Waals surface area (Å²) in [4.78, 5) is 24.9. The first kappa shape index (κ1) is 17.6. The highest BCUT2D eigenvalue weighted by Crippen LogP contribution is 2.24. The number of benzene rings is 1. The number of hydrogen-bond acceptors (Lipinski definition) is 5. The van der Waals surface area contributed by atoms with Crippen LogP contribution in [0.3, 0.4) is 0 Å². The minimum Gasteiger partial charge on any atom is -0.496 e. The first-order chi connectivity index (χ1) is 12.1. The van der Waals surface area contributed by atoms with Gasteiger partial charge in [-0.25, -0.2) is 4.98 Å². The second kappa shape index (κ2) is 7.80. The van der Waals surface area contributed by atoms with E-state index < -0.39 is 0 Å². The number of carbonyl (C=O) groups excluding carboxylic acids is 1. The van der Waals surface area contributed by atoms with E-state index in [0.29, 0.717) is 23.8 Å². The standard InChI is InChI=1S/C18H21ClN4O2/c1-13-10-21-16(11-20-13)18(24)23-7-5-22(6-8-23)12-14-9-15(19)3-4-17(14)25-2/h3-4,9-11H,5-8,12H2,1-2H3. The maximum atomic E-state index is 12.5. The minimum absolute atomic E-state index is 0.0625. The third-order valence-corrected chi connectivity index (χ3v) is 4.53. The summed E-state index contributed by atoms with van der Waals surface area (Å²) in [5, 5.41) is 0.697. The van der Waals surface area contributed by atoms with E-state index >= 15 is 0 Å². The average Bonchev–Trinajstić information content (AvgIpc) is 2.63. The van der Waals surface area contributed by atoms with Gasteiger partial charge in [0, 0.05) is 49.5 Å². The lowest BCUT2D eigenvalue weighted by atomic mass is 10.1. The topological polar surface area (TPSA) is 58.6 Å². The van der Waals surface area contributed by atoms with Crippen molar-refractivity contribution in [2.24, 2.45) is 0 Å². The summed E-state index contributed by atoms with van der Waals surface area (Å²) in [5.74, 6) is 0.769. The molecule has 6 nitrogen and oxygen atoms in total. The van der Waals surface area contributed by atoms with Crippen molar-refractivity contribution < 1.29 is 9.53 Å². The first-order valence-corrected chi connectivity index (χ1v) is 8.57. The highest BCUT2D eigenvalue weighted by molar-refractivity contribution is 6.30. The Hall–Kier alpha value is -2.18. The molecule has 1 amide bonds. The predicted octanol–water partition coefficient (Wildman–Crippen LogP) is 2.41. The summed E-state index contributed by atoms with van der Waals surface area (Å²) < 4.78 is 5.40. The van der Waals surface area contributed by atoms with Crippen LogP contribution in [-0.2, 0) is 6.54 Å². The van der Waals surface area contributed by atoms with Crippen molar-refractivity contribution >= 4 is 17.5 Å². The van der Waals surface area contributed by atoms with E-state index in [9.17, 15) is 4.79 Å². The summed E-state index contributed by atoms with van der Waals surface area (Å²) in [6, 6.07) is 5.64. The van der Waals surface area contributed by atoms with Crippen molar-refractivity contribution in [3.05, 3.63) is 52.6 Å². The van der Waals surface area contributed by atoms with Crippen molar-refractivity contribution in [2.75, 3.05) is 33.3 Å². The van der Waals surface area contributed by atoms with Gasteiger partial charge in [0.15, 0.2) is 0 Å². The van der Waals surface area contributed by atoms with E-state index in [-0.39, 0.29) is 5.91 Å². The molecular formula is C18H21ClN4O2. The maximum absolute atomic E-state index is 12.5. The number of aromatic nitrogens is 2. The largest absolute Gasteiger partial charge is 0.496 e. The molecule has 1 saturated heterocycles. The van der Waals surface area contributed by atoms with Crippen molar-refractivity contribution in [3.63, 3.8) is 0 Å². The Balaban J connectivity index is 1.59. The smallest absolute Gasteiger partial charge is 0.274 e. The van der Waals surface area contributed by atoms with Crippen molar-refractivity contribution in [1.29, 1.82) is 0 Å². The molecule has 7 heteroatoms. The fraction of sp³-hybridized carbons (Fsp3) is 0.389. The van der Waals surface area contributed by atoms with Gasteiger partial charge < -0.3 is 9.64 Å². The molecule has 0 atom stereocenters. The lowest BCUT2D eigenvalue weighted by Gasteiger charge is -2.34. The Morgan fingerprint density at radius 3 is 2.60 bits per heavy atom. The normalized spacial score (nSPS) is 15.2. The van der Waals surface area contributed by atoms with Gasteiger partial charge in [0.05, 0.1) is 19.0 Å². The summed E-state index contributed by atoms with van der Waals surface area (Å²) in [6.07, 6.45) is 3.16. The molecule has 0 unspecified atom stereocenters. The highest BCUT2D eigenvalue weighted by Gasteiger charge is 2.23. The highest BCUT2D eigenvalue weighted by atomic mass is 35.5. The van der Waals surface area contributed by atoms with Crippen LogP contribution in [0.25, 0.3) is 0 Å². The van der Waals surface area contributed by atoms with Gasteiger partial charge in [-0.1, -0.05) is 11.6 Å². The Kier molecular flexibility index (Phi) is 5.50. The maximum Gasteiger partial charge on any atom is 0.274 e. The zero-order valence-corrected chi connectivity index (χ0v) is 15.2. The summed E-state index contributed by atoms with van der Waals surface area (Å²) in [5.41, 5.74) is 2.26. The fourth-order valence-electron chi connectivity index (χ4n) is 2.89. The number of halogens is 1. The van der Waals surface area contributed by atoms with E-state index in [4.69, 9.17) is 16.3 Å². The minimum atomic E-state index is -0.0625. The quantitative estimate of drug-likeness (QED) is 0.838. The number of carbonyl (C=O) groups is 1. The zero-order chi connectivity index (χ0) is 17.8. The molecule has 1 aromatic heterocycles. The van der Waals surface area contributed by atoms with E-state index in [0.717, 1.165) is 36.6 Å². The first-order valence-electron chi connectivity index (χ1n) is 8.19. The Labute approximate surface area is 152 Å². The SMILES string of the molecule is COc1ccc(Cl)cc1CN1CCN(C(=O)c2cnc(C)cn2)CC1. The molecule has 1 fully saturated rings. The second-order valence-electron chi connectivity index (χ2n) is 6.07. The average molecular weight is 361 g/mol. The van der Waals surface area contributed by atoms with Gasteiger partial charge in [-0.15, -0.1) is 0 Å². The lowest BCUT2D eigenvalue weighted by molar-refractivity contribution is 0.0621. The molecule has 0 aliphatic carbocycles. The third-order valence-electron chi connectivity index (χ3n) is 4.30. The number of aryl methyl sites for hydroxylation is 1. The molecule has 1 aliphatic rings. The van der Waals surface area contributed by atoms with Crippen LogP contribution in [0, 0.1) is 6.92 Å². The van der Waals surface area contributed by atoms with Crippen LogP contribution in [0.2, 0.25) is 5.02 Å². The summed E-state index contributed by atoms with van der Waals surface area (Å²) >= 11 is 6.10. The van der Waals surface area contributed by atoms with Gasteiger partial charge in [0.25, 0.3) is 5.91 Å². The van der Waals surface area contributed by atoms with Gasteiger partial charge >= 0.3 is 0 Å². The Morgan fingerprint density at radius 1 is 1.20 bits per heavy atom. The molecule has 25 heavy (non-hydrogen) atoms. The van der Waals surface area contributed by atoms with Crippen LogP contribution in [0.15, 0.2) is 30.6 Å². The van der Waals surface area contributed by atoms with Gasteiger partial charge in [0.2, 0.25) is 0 Å². The number of nitrogens with zero attached hydrogens (tertiary/aromatic N) is 4. The van der Waals surface area contributed by atoms with Gasteiger partial charge in [0.1, 0.15) is 11.4 Å². The van der Waals surface area contributed by atoms with Gasteiger partial charge in [-0.3, -0.25) is 14.7 Å². The van der Waals surface area contributed by atoms with E-state index in [2.05, 4.69) is 14.9 Å². The van der Waals surface area contributed by atoms with Crippen LogP contribution < -0.4 is 4.74 Å². The number of piperazine rings is 1. The number of hydrogen-bond donors (Lipinski definition) is 0. The molecule has 0 spiro atoms. The summed E-state index contributed by atoms with van der Waals surface area (Å²) in [7, 11) is 1.66. The molecule has 1 aromatic carbocycles. The third kappa shape index (κ3) is 4.27. The molecular weight excluding hydrogens is 340 g/mol. The Morgan fingerprint density at radius 2 is 1.96 bits per heavy atom. The van der Waals surface area contributed by atoms with Crippen molar-refractivity contribution in [1.82, 2.24) is 19.8 Å². The fourth-order valence-corrected chi connectivity index (χ4v) is 3.08. The number of ether oxygens (including phenoxy) is 1. The second-order valence-corrected chi connectivity index (χ2v) is 6.50. The molecule has 0 saturated carbocycles. The van der Waals surface area contributed by atoms with Crippen LogP contribution >= 0.6 is 11.6 Å². The molecule has 2 aromatic rings. The molecule has 1 aliphatic heterocycles. The van der Waals surface area contributed by atoms with E-state index in [1.54, 1.807) is 19.5 Å². The molecule has 132 valence electrons. The number of amides is 1. The van der Waals surface area contributed by atoms with Crippen LogP contribution in [0.5, 0.6) is 5.75 Å². The monoisotopic (exact) mass is 360 g/mol. The van der Waals surface area contributed by atoms with E-state index in [1.807, 2.05) is 30.0 Å². The lowest BCUT2D eigenvalue weighted by Crippen LogP contribution is -2.48. The molecule has 0 bridgehead atoms. The number of rotatable bonds is 4. The molecule has 0 radical (unpaired) electrons. The van der Waals surface area contributed by atoms with Gasteiger partial charge in [-0.2, -0.15) is 0 Å².